The van der Waals surface area contributed by atoms with Gasteiger partial charge in [0.05, 0.1) is 36.0 Å². The van der Waals surface area contributed by atoms with Gasteiger partial charge in [-0.1, -0.05) is 42.5 Å². The number of hydrogen-bond donors (Lipinski definition) is 1. The Balaban J connectivity index is 0.993. The highest BCUT2D eigenvalue weighted by Crippen LogP contribution is 2.39. The summed E-state index contributed by atoms with van der Waals surface area (Å²) >= 11 is 0. The second-order valence-corrected chi connectivity index (χ2v) is 13.5. The third-order valence-corrected chi connectivity index (χ3v) is 10.3. The Morgan fingerprint density at radius 3 is 2.54 bits per heavy atom. The maximum Gasteiger partial charge on any atom is 0.411 e. The van der Waals surface area contributed by atoms with Crippen LogP contribution in [0.25, 0.3) is 16.7 Å². The average Bonchev–Trinajstić information content (AvgIpc) is 3.93. The third-order valence-electron chi connectivity index (χ3n) is 10.3. The molecule has 0 saturated carbocycles. The Kier molecular flexibility index (Phi) is 10.4. The van der Waals surface area contributed by atoms with Gasteiger partial charge in [-0.2, -0.15) is 13.2 Å². The molecule has 1 unspecified atom stereocenters. The first-order valence-electron chi connectivity index (χ1n) is 17.6. The van der Waals surface area contributed by atoms with Crippen molar-refractivity contribution in [2.75, 3.05) is 58.4 Å². The fourth-order valence-corrected chi connectivity index (χ4v) is 7.49. The van der Waals surface area contributed by atoms with Gasteiger partial charge in [0.2, 0.25) is 5.95 Å². The SMILES string of the molecule is COc1ccc(-n2cnnn2)cc1C(=O)N1CCC(CCN2CCC(Nc3nc4ccccc4n3CCOCC(F)(F)F)CC2)(c2ccccc2)C1. The molecule has 0 spiro atoms. The van der Waals surface area contributed by atoms with E-state index in [-0.39, 0.29) is 30.5 Å². The molecule has 274 valence electrons. The van der Waals surface area contributed by atoms with E-state index in [1.807, 2.05) is 45.9 Å². The predicted molar refractivity (Wildman–Crippen MR) is 189 cm³/mol. The highest BCUT2D eigenvalue weighted by atomic mass is 19.4. The lowest BCUT2D eigenvalue weighted by molar-refractivity contribution is -0.174. The summed E-state index contributed by atoms with van der Waals surface area (Å²) in [7, 11) is 1.56. The van der Waals surface area contributed by atoms with Crippen molar-refractivity contribution < 1.29 is 27.4 Å². The molecule has 4 heterocycles. The molecular formula is C37H42F3N9O3. The van der Waals surface area contributed by atoms with E-state index in [0.29, 0.717) is 36.0 Å². The van der Waals surface area contributed by atoms with E-state index in [0.717, 1.165) is 56.4 Å². The minimum Gasteiger partial charge on any atom is -0.496 e. The maximum atomic E-state index is 14.1. The van der Waals surface area contributed by atoms with Crippen LogP contribution in [-0.2, 0) is 16.7 Å². The molecule has 1 amide bonds. The lowest BCUT2D eigenvalue weighted by Gasteiger charge is -2.36. The summed E-state index contributed by atoms with van der Waals surface area (Å²) in [5, 5.41) is 15.0. The number of fused-ring (bicyclic) bond motifs is 1. The largest absolute Gasteiger partial charge is 0.496 e. The van der Waals surface area contributed by atoms with Crippen molar-refractivity contribution in [3.8, 4) is 11.4 Å². The Bertz CT molecular complexity index is 1950. The van der Waals surface area contributed by atoms with Crippen molar-refractivity contribution in [1.29, 1.82) is 0 Å². The van der Waals surface area contributed by atoms with E-state index in [4.69, 9.17) is 14.5 Å². The number of halogens is 3. The van der Waals surface area contributed by atoms with Gasteiger partial charge in [-0.15, -0.1) is 5.10 Å². The first-order chi connectivity index (χ1) is 25.2. The number of carbonyl (C=O) groups is 1. The number of nitrogens with one attached hydrogen (secondary N) is 1. The van der Waals surface area contributed by atoms with Crippen LogP contribution in [0.2, 0.25) is 0 Å². The van der Waals surface area contributed by atoms with Gasteiger partial charge in [-0.3, -0.25) is 4.79 Å². The minimum absolute atomic E-state index is 0.0696. The number of rotatable bonds is 13. The summed E-state index contributed by atoms with van der Waals surface area (Å²) in [6, 6.07) is 23.6. The molecule has 7 rings (SSSR count). The number of methoxy groups -OCH3 is 1. The normalized spacial score (nSPS) is 18.7. The molecule has 3 aromatic carbocycles. The summed E-state index contributed by atoms with van der Waals surface area (Å²) < 4.78 is 51.9. The van der Waals surface area contributed by atoms with Crippen molar-refractivity contribution in [2.24, 2.45) is 0 Å². The Morgan fingerprint density at radius 1 is 1.00 bits per heavy atom. The quantitative estimate of drug-likeness (QED) is 0.161. The zero-order chi connectivity index (χ0) is 36.1. The van der Waals surface area contributed by atoms with Crippen LogP contribution in [0.4, 0.5) is 19.1 Å². The molecule has 2 aromatic heterocycles. The van der Waals surface area contributed by atoms with Gasteiger partial charge in [0.1, 0.15) is 18.7 Å². The number of carbonyl (C=O) groups excluding carboxylic acids is 1. The molecule has 15 heteroatoms. The van der Waals surface area contributed by atoms with Crippen LogP contribution in [-0.4, -0.2) is 111 Å². The van der Waals surface area contributed by atoms with Gasteiger partial charge in [-0.05, 0) is 78.6 Å². The number of imidazole rings is 1. The van der Waals surface area contributed by atoms with Crippen LogP contribution < -0.4 is 10.1 Å². The van der Waals surface area contributed by atoms with E-state index in [9.17, 15) is 18.0 Å². The number of amides is 1. The average molecular weight is 718 g/mol. The number of piperidine rings is 1. The van der Waals surface area contributed by atoms with Crippen LogP contribution in [0, 0.1) is 0 Å². The van der Waals surface area contributed by atoms with Crippen LogP contribution in [0.5, 0.6) is 5.75 Å². The second kappa shape index (κ2) is 15.3. The van der Waals surface area contributed by atoms with Crippen LogP contribution in [0.15, 0.2) is 79.1 Å². The predicted octanol–water partition coefficient (Wildman–Crippen LogP) is 5.35. The summed E-state index contributed by atoms with van der Waals surface area (Å²) in [6.45, 7) is 2.80. The van der Waals surface area contributed by atoms with E-state index < -0.39 is 12.8 Å². The van der Waals surface area contributed by atoms with Crippen molar-refractivity contribution in [1.82, 2.24) is 39.6 Å². The first kappa shape index (κ1) is 35.4. The number of anilines is 1. The number of benzene rings is 3. The third kappa shape index (κ3) is 7.89. The molecule has 1 atom stereocenters. The molecular weight excluding hydrogens is 675 g/mol. The molecule has 2 aliphatic heterocycles. The molecule has 0 radical (unpaired) electrons. The van der Waals surface area contributed by atoms with E-state index in [1.165, 1.54) is 16.6 Å². The van der Waals surface area contributed by atoms with Gasteiger partial charge >= 0.3 is 6.18 Å². The molecule has 2 saturated heterocycles. The monoisotopic (exact) mass is 717 g/mol. The smallest absolute Gasteiger partial charge is 0.411 e. The lowest BCUT2D eigenvalue weighted by Crippen LogP contribution is -2.42. The van der Waals surface area contributed by atoms with Crippen LogP contribution in [0.3, 0.4) is 0 Å². The number of para-hydroxylation sites is 2. The number of tetrazole rings is 1. The Hall–Kier alpha value is -5.02. The summed E-state index contributed by atoms with van der Waals surface area (Å²) in [5.74, 6) is 1.06. The molecule has 5 aromatic rings. The van der Waals surface area contributed by atoms with Crippen molar-refractivity contribution in [3.63, 3.8) is 0 Å². The van der Waals surface area contributed by atoms with Gasteiger partial charge in [0.15, 0.2) is 0 Å². The molecule has 52 heavy (non-hydrogen) atoms. The summed E-state index contributed by atoms with van der Waals surface area (Å²) in [6.07, 6.45) is 0.666. The second-order valence-electron chi connectivity index (χ2n) is 13.5. The zero-order valence-corrected chi connectivity index (χ0v) is 29.0. The highest BCUT2D eigenvalue weighted by molar-refractivity contribution is 5.98. The van der Waals surface area contributed by atoms with Crippen LogP contribution >= 0.6 is 0 Å². The number of hydrogen-bond acceptors (Lipinski definition) is 9. The topological polar surface area (TPSA) is 115 Å². The molecule has 1 N–H and O–H groups in total. The highest BCUT2D eigenvalue weighted by Gasteiger charge is 2.42. The Morgan fingerprint density at radius 2 is 1.79 bits per heavy atom. The Labute approximate surface area is 299 Å². The van der Waals surface area contributed by atoms with Gasteiger partial charge < -0.3 is 29.2 Å². The summed E-state index contributed by atoms with van der Waals surface area (Å²) in [4.78, 5) is 23.3. The van der Waals surface area contributed by atoms with Gasteiger partial charge in [0, 0.05) is 44.2 Å². The van der Waals surface area contributed by atoms with Crippen LogP contribution in [0.1, 0.15) is 41.6 Å². The number of aromatic nitrogens is 6. The van der Waals surface area contributed by atoms with Gasteiger partial charge in [-0.25, -0.2) is 9.67 Å². The number of alkyl halides is 3. The summed E-state index contributed by atoms with van der Waals surface area (Å²) in [5.41, 5.74) is 3.81. The molecule has 12 nitrogen and oxygen atoms in total. The number of likely N-dealkylation sites (tertiary alicyclic amines) is 2. The molecule has 2 fully saturated rings. The van der Waals surface area contributed by atoms with Crippen molar-refractivity contribution in [2.45, 2.75) is 49.9 Å². The van der Waals surface area contributed by atoms with Crippen molar-refractivity contribution >= 4 is 22.9 Å². The maximum absolute atomic E-state index is 14.1. The van der Waals surface area contributed by atoms with E-state index >= 15 is 0 Å². The molecule has 2 aliphatic rings. The lowest BCUT2D eigenvalue weighted by atomic mass is 9.76. The fourth-order valence-electron chi connectivity index (χ4n) is 7.49. The zero-order valence-electron chi connectivity index (χ0n) is 29.0. The molecule has 0 aliphatic carbocycles. The van der Waals surface area contributed by atoms with E-state index in [2.05, 4.69) is 50.0 Å². The fraction of sp³-hybridized carbons (Fsp3) is 0.432. The van der Waals surface area contributed by atoms with Gasteiger partial charge in [0.25, 0.3) is 5.91 Å². The molecule has 0 bridgehead atoms. The number of nitrogens with zero attached hydrogens (tertiary/aromatic N) is 8. The number of ether oxygens (including phenoxy) is 2. The first-order valence-corrected chi connectivity index (χ1v) is 17.6. The minimum atomic E-state index is -4.36. The van der Waals surface area contributed by atoms with E-state index in [1.54, 1.807) is 19.2 Å². The standard InChI is InChI=1S/C37H42F3N9O3/c1-51-33-12-11-29(49-26-41-44-45-49)23-30(33)34(50)47-20-16-36(24-47,27-7-3-2-4-8-27)15-19-46-17-13-28(14-18-46)42-35-43-31-9-5-6-10-32(31)48(35)21-22-52-25-37(38,39)40/h2-12,23,26,28H,13-22,24-25H2,1H3,(H,42,43). The van der Waals surface area contributed by atoms with Crippen molar-refractivity contribution in [3.05, 3.63) is 90.3 Å².